The second kappa shape index (κ2) is 6.80. The smallest absolute Gasteiger partial charge is 0.307 e. The Morgan fingerprint density at radius 3 is 2.35 bits per heavy atom. The van der Waals surface area contributed by atoms with Gasteiger partial charge in [-0.05, 0) is 58.4 Å². The minimum atomic E-state index is -0.465. The van der Waals surface area contributed by atoms with Crippen molar-refractivity contribution in [2.45, 2.75) is 0 Å². The third-order valence-electron chi connectivity index (χ3n) is 2.40. The molecule has 2 aromatic carbocycles. The Bertz CT molecular complexity index is 635. The van der Waals surface area contributed by atoms with Gasteiger partial charge < -0.3 is 5.32 Å². The maximum absolute atomic E-state index is 12.0. The third kappa shape index (κ3) is 3.88. The number of anilines is 2. The molecule has 0 unspecified atom stereocenters. The van der Waals surface area contributed by atoms with Gasteiger partial charge in [0.25, 0.3) is 0 Å². The Kier molecular flexibility index (Phi) is 5.32. The zero-order valence-corrected chi connectivity index (χ0v) is 14.6. The molecule has 0 spiro atoms. The van der Waals surface area contributed by atoms with E-state index in [0.29, 0.717) is 16.4 Å². The van der Waals surface area contributed by atoms with E-state index >= 15 is 0 Å². The summed E-state index contributed by atoms with van der Waals surface area (Å²) in [5.41, 5.74) is 1.13. The van der Waals surface area contributed by atoms with Crippen molar-refractivity contribution >= 4 is 72.6 Å². The van der Waals surface area contributed by atoms with E-state index in [2.05, 4.69) is 37.2 Å². The van der Waals surface area contributed by atoms with E-state index in [-0.39, 0.29) is 0 Å². The van der Waals surface area contributed by atoms with E-state index in [1.54, 1.807) is 30.3 Å². The second-order valence-electron chi connectivity index (χ2n) is 3.82. The molecule has 2 amide bonds. The number of hydrogen-bond acceptors (Lipinski definition) is 1. The highest BCUT2D eigenvalue weighted by Gasteiger charge is 2.14. The van der Waals surface area contributed by atoms with Gasteiger partial charge in [-0.25, -0.2) is 9.21 Å². The van der Waals surface area contributed by atoms with Crippen LogP contribution in [0.1, 0.15) is 0 Å². The Labute approximate surface area is 143 Å². The topological polar surface area (TPSA) is 32.3 Å². The maximum atomic E-state index is 12.0. The van der Waals surface area contributed by atoms with Crippen molar-refractivity contribution < 1.29 is 4.79 Å². The number of halogens is 4. The zero-order chi connectivity index (χ0) is 14.7. The molecule has 0 heterocycles. The van der Waals surface area contributed by atoms with E-state index in [0.717, 1.165) is 13.4 Å². The molecule has 104 valence electrons. The van der Waals surface area contributed by atoms with Gasteiger partial charge in [0.05, 0.1) is 10.7 Å². The molecule has 0 aromatic heterocycles. The van der Waals surface area contributed by atoms with E-state index < -0.39 is 6.03 Å². The van der Waals surface area contributed by atoms with E-state index in [1.165, 1.54) is 0 Å². The van der Waals surface area contributed by atoms with Crippen molar-refractivity contribution in [2.24, 2.45) is 0 Å². The number of benzene rings is 2. The molecule has 2 aromatic rings. The molecule has 7 heteroatoms. The number of carbonyl (C=O) groups excluding carboxylic acids is 1. The van der Waals surface area contributed by atoms with Crippen LogP contribution in [-0.2, 0) is 0 Å². The van der Waals surface area contributed by atoms with Crippen LogP contribution in [-0.4, -0.2) is 6.03 Å². The average molecular weight is 439 g/mol. The van der Waals surface area contributed by atoms with Crippen molar-refractivity contribution in [1.29, 1.82) is 0 Å². The van der Waals surface area contributed by atoms with E-state index in [9.17, 15) is 4.79 Å². The van der Waals surface area contributed by atoms with Crippen molar-refractivity contribution in [3.8, 4) is 0 Å². The van der Waals surface area contributed by atoms with Gasteiger partial charge in [0, 0.05) is 26.4 Å². The molecular formula is C13H8Br2Cl2N2O. The highest BCUT2D eigenvalue weighted by molar-refractivity contribution is 9.10. The molecule has 20 heavy (non-hydrogen) atoms. The molecule has 0 saturated heterocycles. The first-order valence-electron chi connectivity index (χ1n) is 5.45. The lowest BCUT2D eigenvalue weighted by atomic mass is 10.3. The highest BCUT2D eigenvalue weighted by Crippen LogP contribution is 2.28. The molecule has 2 rings (SSSR count). The minimum Gasteiger partial charge on any atom is -0.307 e. The Morgan fingerprint density at radius 1 is 1.10 bits per heavy atom. The summed E-state index contributed by atoms with van der Waals surface area (Å²) in [7, 11) is 0. The predicted molar refractivity (Wildman–Crippen MR) is 90.6 cm³/mol. The summed E-state index contributed by atoms with van der Waals surface area (Å²) in [6.07, 6.45) is 0. The van der Waals surface area contributed by atoms with Crippen molar-refractivity contribution in [3.63, 3.8) is 0 Å². The summed E-state index contributed by atoms with van der Waals surface area (Å²) in [5, 5.41) is 3.16. The lowest BCUT2D eigenvalue weighted by molar-refractivity contribution is 0.260. The molecule has 3 nitrogen and oxygen atoms in total. The van der Waals surface area contributed by atoms with Crippen molar-refractivity contribution in [2.75, 3.05) is 9.74 Å². The summed E-state index contributed by atoms with van der Waals surface area (Å²) >= 11 is 18.6. The zero-order valence-electron chi connectivity index (χ0n) is 9.91. The number of hydrogen-bond donors (Lipinski definition) is 1. The molecule has 0 aliphatic heterocycles. The SMILES string of the molecule is O=C(Nc1ccc(Br)cc1)N(Cl)c1ccc(Br)c(Cl)c1. The standard InChI is InChI=1S/C13H8Br2Cl2N2O/c14-8-1-3-9(4-2-8)18-13(20)19(17)10-5-6-11(15)12(16)7-10/h1-7H,(H,18,20). The van der Waals surface area contributed by atoms with Crippen molar-refractivity contribution in [1.82, 2.24) is 0 Å². The number of nitrogens with one attached hydrogen (secondary N) is 1. The maximum Gasteiger partial charge on any atom is 0.341 e. The lowest BCUT2D eigenvalue weighted by Gasteiger charge is -2.15. The summed E-state index contributed by atoms with van der Waals surface area (Å²) < 4.78 is 2.64. The first-order valence-corrected chi connectivity index (χ1v) is 7.75. The third-order valence-corrected chi connectivity index (χ3v) is 4.51. The molecule has 0 saturated carbocycles. The van der Waals surface area contributed by atoms with Crippen LogP contribution < -0.4 is 9.74 Å². The van der Waals surface area contributed by atoms with Gasteiger partial charge in [0.1, 0.15) is 0 Å². The van der Waals surface area contributed by atoms with Gasteiger partial charge in [-0.3, -0.25) is 0 Å². The fraction of sp³-hybridized carbons (Fsp3) is 0. The minimum absolute atomic E-state index is 0.465. The normalized spacial score (nSPS) is 10.2. The Morgan fingerprint density at radius 2 is 1.75 bits per heavy atom. The summed E-state index contributed by atoms with van der Waals surface area (Å²) in [6.45, 7) is 0. The van der Waals surface area contributed by atoms with Crippen LogP contribution in [0, 0.1) is 0 Å². The molecule has 0 radical (unpaired) electrons. The predicted octanol–water partition coefficient (Wildman–Crippen LogP) is 6.06. The Balaban J connectivity index is 2.11. The van der Waals surface area contributed by atoms with Gasteiger partial charge in [0.2, 0.25) is 0 Å². The van der Waals surface area contributed by atoms with Crippen LogP contribution in [0.5, 0.6) is 0 Å². The monoisotopic (exact) mass is 436 g/mol. The molecule has 0 aliphatic rings. The number of nitrogens with zero attached hydrogens (tertiary/aromatic N) is 1. The quantitative estimate of drug-likeness (QED) is 0.568. The number of carbonyl (C=O) groups is 1. The average Bonchev–Trinajstić information content (AvgIpc) is 2.43. The fourth-order valence-corrected chi connectivity index (χ4v) is 2.26. The summed E-state index contributed by atoms with van der Waals surface area (Å²) in [5.74, 6) is 0. The van der Waals surface area contributed by atoms with E-state index in [1.807, 2.05) is 12.1 Å². The van der Waals surface area contributed by atoms with Crippen molar-refractivity contribution in [3.05, 3.63) is 56.4 Å². The first-order chi connectivity index (χ1) is 9.47. The van der Waals surface area contributed by atoms with Gasteiger partial charge in [-0.15, -0.1) is 0 Å². The molecule has 1 N–H and O–H groups in total. The number of amides is 2. The summed E-state index contributed by atoms with van der Waals surface area (Å²) in [6, 6.07) is 11.7. The number of urea groups is 1. The van der Waals surface area contributed by atoms with E-state index in [4.69, 9.17) is 23.4 Å². The Hall–Kier alpha value is -0.750. The highest BCUT2D eigenvalue weighted by atomic mass is 79.9. The van der Waals surface area contributed by atoms with Crippen LogP contribution in [0.15, 0.2) is 51.4 Å². The fourth-order valence-electron chi connectivity index (χ4n) is 1.43. The second-order valence-corrected chi connectivity index (χ2v) is 6.33. The molecule has 0 aliphatic carbocycles. The first kappa shape index (κ1) is 15.6. The summed E-state index contributed by atoms with van der Waals surface area (Å²) in [4.78, 5) is 12.0. The lowest BCUT2D eigenvalue weighted by Crippen LogP contribution is -2.26. The number of rotatable bonds is 2. The van der Waals surface area contributed by atoms with Crippen LogP contribution in [0.25, 0.3) is 0 Å². The van der Waals surface area contributed by atoms with Crippen LogP contribution in [0.3, 0.4) is 0 Å². The van der Waals surface area contributed by atoms with Gasteiger partial charge in [-0.2, -0.15) is 0 Å². The van der Waals surface area contributed by atoms with Crippen LogP contribution in [0.2, 0.25) is 5.02 Å². The molecular weight excluding hydrogens is 431 g/mol. The molecule has 0 bridgehead atoms. The van der Waals surface area contributed by atoms with Gasteiger partial charge >= 0.3 is 6.03 Å². The van der Waals surface area contributed by atoms with Crippen LogP contribution >= 0.6 is 55.2 Å². The van der Waals surface area contributed by atoms with Gasteiger partial charge in [0.15, 0.2) is 0 Å². The van der Waals surface area contributed by atoms with Gasteiger partial charge in [-0.1, -0.05) is 27.5 Å². The van der Waals surface area contributed by atoms with Crippen LogP contribution in [0.4, 0.5) is 16.2 Å². The largest absolute Gasteiger partial charge is 0.341 e. The molecule has 0 atom stereocenters. The molecule has 0 fully saturated rings.